The van der Waals surface area contributed by atoms with Crippen LogP contribution in [0.15, 0.2) is 146 Å². The van der Waals surface area contributed by atoms with Gasteiger partial charge in [0.05, 0.1) is 28.7 Å². The molecule has 6 nitrogen and oxygen atoms in total. The molecule has 0 atom stereocenters. The topological polar surface area (TPSA) is 38.5 Å². The molecule has 0 bridgehead atoms. The quantitative estimate of drug-likeness (QED) is 0.202. The minimum Gasteiger partial charge on any atom is -0.457 e. The molecule has 0 saturated carbocycles. The van der Waals surface area contributed by atoms with E-state index >= 15 is 0 Å². The van der Waals surface area contributed by atoms with E-state index in [2.05, 4.69) is 154 Å². The summed E-state index contributed by atoms with van der Waals surface area (Å²) in [6.07, 6.45) is 6.18. The van der Waals surface area contributed by atoms with Gasteiger partial charge in [-0.3, -0.25) is 4.57 Å². The van der Waals surface area contributed by atoms with Gasteiger partial charge in [0.2, 0.25) is 0 Å². The molecule has 0 unspecified atom stereocenters. The lowest BCUT2D eigenvalue weighted by atomic mass is 10.1. The fraction of sp³-hybridized carbons (Fsp3) is 0.0513. The largest absolute Gasteiger partial charge is 0.457 e. The molecule has 5 aromatic carbocycles. The van der Waals surface area contributed by atoms with Gasteiger partial charge < -0.3 is 19.1 Å². The molecule has 0 saturated heterocycles. The van der Waals surface area contributed by atoms with Crippen molar-refractivity contribution in [2.75, 3.05) is 18.6 Å². The zero-order valence-electron chi connectivity index (χ0n) is 24.7. The van der Waals surface area contributed by atoms with E-state index in [0.717, 1.165) is 68.2 Å². The Kier molecular flexibility index (Phi) is 5.68. The van der Waals surface area contributed by atoms with Gasteiger partial charge in [0.25, 0.3) is 0 Å². The Morgan fingerprint density at radius 1 is 0.533 bits per heavy atom. The van der Waals surface area contributed by atoms with E-state index in [4.69, 9.17) is 9.72 Å². The van der Waals surface area contributed by atoms with Gasteiger partial charge in [0.1, 0.15) is 17.3 Å². The van der Waals surface area contributed by atoms with Crippen molar-refractivity contribution in [3.8, 4) is 23.0 Å². The molecule has 9 rings (SSSR count). The highest BCUT2D eigenvalue weighted by molar-refractivity contribution is 6.11. The van der Waals surface area contributed by atoms with E-state index in [1.54, 1.807) is 0 Å². The highest BCUT2D eigenvalue weighted by Gasteiger charge is 2.18. The Bertz CT molecular complexity index is 2420. The second-order valence-electron chi connectivity index (χ2n) is 11.5. The van der Waals surface area contributed by atoms with Crippen molar-refractivity contribution in [2.24, 2.45) is 0 Å². The molecule has 0 radical (unpaired) electrons. The van der Waals surface area contributed by atoms with Crippen LogP contribution in [-0.4, -0.2) is 32.7 Å². The van der Waals surface area contributed by atoms with Crippen LogP contribution in [0, 0.1) is 0 Å². The second-order valence-corrected chi connectivity index (χ2v) is 11.5. The number of rotatable bonds is 5. The molecule has 1 aliphatic heterocycles. The van der Waals surface area contributed by atoms with Crippen LogP contribution in [0.25, 0.3) is 55.1 Å². The molecule has 0 N–H and O–H groups in total. The number of para-hydroxylation sites is 3. The molecule has 0 spiro atoms. The van der Waals surface area contributed by atoms with E-state index in [0.29, 0.717) is 0 Å². The summed E-state index contributed by atoms with van der Waals surface area (Å²) < 4.78 is 11.1. The van der Waals surface area contributed by atoms with E-state index in [-0.39, 0.29) is 0 Å². The van der Waals surface area contributed by atoms with E-state index in [1.165, 1.54) is 10.8 Å². The Morgan fingerprint density at radius 2 is 1.20 bits per heavy atom. The number of benzene rings is 5. The maximum atomic E-state index is 6.49. The van der Waals surface area contributed by atoms with Crippen LogP contribution in [0.2, 0.25) is 0 Å². The summed E-state index contributed by atoms with van der Waals surface area (Å²) in [5.74, 6) is 2.43. The van der Waals surface area contributed by atoms with Crippen LogP contribution in [0.4, 0.5) is 5.69 Å². The van der Waals surface area contributed by atoms with E-state index in [9.17, 15) is 0 Å². The fourth-order valence-electron chi connectivity index (χ4n) is 6.65. The third-order valence-corrected chi connectivity index (χ3v) is 8.69. The maximum absolute atomic E-state index is 6.49. The maximum Gasteiger partial charge on any atom is 0.139 e. The van der Waals surface area contributed by atoms with Crippen LogP contribution in [0.1, 0.15) is 0 Å². The molecule has 6 heteroatoms. The average Bonchev–Trinajstić information content (AvgIpc) is 3.76. The van der Waals surface area contributed by atoms with Crippen LogP contribution in [0.5, 0.6) is 11.5 Å². The van der Waals surface area contributed by atoms with Gasteiger partial charge in [-0.2, -0.15) is 0 Å². The monoisotopic (exact) mass is 583 g/mol. The Hall–Kier alpha value is -6.01. The number of anilines is 1. The van der Waals surface area contributed by atoms with Crippen molar-refractivity contribution in [3.63, 3.8) is 0 Å². The molecule has 3 aromatic heterocycles. The second kappa shape index (κ2) is 10.0. The Balaban J connectivity index is 1.21. The molecule has 216 valence electrons. The lowest BCUT2D eigenvalue weighted by molar-refractivity contribution is 0.481. The fourth-order valence-corrected chi connectivity index (χ4v) is 6.65. The van der Waals surface area contributed by atoms with E-state index < -0.39 is 0 Å². The predicted molar refractivity (Wildman–Crippen MR) is 184 cm³/mol. The highest BCUT2D eigenvalue weighted by Crippen LogP contribution is 2.38. The number of nitrogens with zero attached hydrogens (tertiary/aromatic N) is 5. The Morgan fingerprint density at radius 3 is 2.00 bits per heavy atom. The van der Waals surface area contributed by atoms with Crippen LogP contribution in [-0.2, 0) is 0 Å². The lowest BCUT2D eigenvalue weighted by Crippen LogP contribution is -2.21. The third kappa shape index (κ3) is 4.14. The molecule has 0 fully saturated rings. The number of hydrogen-bond acceptors (Lipinski definition) is 4. The number of hydrogen-bond donors (Lipinski definition) is 0. The normalized spacial score (nSPS) is 13.2. The summed E-state index contributed by atoms with van der Waals surface area (Å²) in [4.78, 5) is 9.42. The lowest BCUT2D eigenvalue weighted by Gasteiger charge is -2.19. The van der Waals surface area contributed by atoms with Gasteiger partial charge >= 0.3 is 0 Å². The first-order valence-electron chi connectivity index (χ1n) is 15.1. The summed E-state index contributed by atoms with van der Waals surface area (Å²) in [6.45, 7) is 0.816. The summed E-state index contributed by atoms with van der Waals surface area (Å²) in [7, 11) is 2.07. The minimum absolute atomic E-state index is 0.775. The van der Waals surface area contributed by atoms with Crippen molar-refractivity contribution in [1.29, 1.82) is 0 Å². The van der Waals surface area contributed by atoms with Gasteiger partial charge in [0, 0.05) is 76.8 Å². The van der Waals surface area contributed by atoms with Gasteiger partial charge in [-0.15, -0.1) is 0 Å². The number of fused-ring (bicyclic) bond motifs is 6. The number of ether oxygens (including phenoxy) is 1. The molecule has 1 aliphatic rings. The highest BCUT2D eigenvalue weighted by atomic mass is 16.5. The van der Waals surface area contributed by atoms with Crippen molar-refractivity contribution in [2.45, 2.75) is 0 Å². The first-order chi connectivity index (χ1) is 22.2. The molecule has 0 aliphatic carbocycles. The smallest absolute Gasteiger partial charge is 0.139 e. The first kappa shape index (κ1) is 25.5. The molecule has 8 aromatic rings. The van der Waals surface area contributed by atoms with E-state index in [1.807, 2.05) is 18.3 Å². The SMILES string of the molecule is CN1C=CN(c2cccc(Oc3ccc4c5ccccc5n(-c5cc6c(cn5)c5ccccc5n6-c5ccccc5)c4c3)c2)C1. The third-order valence-electron chi connectivity index (χ3n) is 8.69. The van der Waals surface area contributed by atoms with Crippen molar-refractivity contribution in [1.82, 2.24) is 19.0 Å². The van der Waals surface area contributed by atoms with Gasteiger partial charge in [-0.05, 0) is 48.5 Å². The molecule has 0 amide bonds. The molecule has 4 heterocycles. The number of aromatic nitrogens is 3. The van der Waals surface area contributed by atoms with Crippen molar-refractivity contribution >= 4 is 49.3 Å². The molecular formula is C39H29N5O. The summed E-state index contributed by atoms with van der Waals surface area (Å²) >= 11 is 0. The number of pyridine rings is 1. The zero-order valence-corrected chi connectivity index (χ0v) is 24.7. The van der Waals surface area contributed by atoms with Crippen molar-refractivity contribution < 1.29 is 4.74 Å². The molecule has 45 heavy (non-hydrogen) atoms. The van der Waals surface area contributed by atoms with Gasteiger partial charge in [0.15, 0.2) is 0 Å². The van der Waals surface area contributed by atoms with Gasteiger partial charge in [-0.25, -0.2) is 4.98 Å². The summed E-state index contributed by atoms with van der Waals surface area (Å²) in [5, 5.41) is 4.65. The van der Waals surface area contributed by atoms with Crippen LogP contribution in [0.3, 0.4) is 0 Å². The summed E-state index contributed by atoms with van der Waals surface area (Å²) in [6, 6.07) is 44.4. The average molecular weight is 584 g/mol. The summed E-state index contributed by atoms with van der Waals surface area (Å²) in [5.41, 5.74) is 6.64. The zero-order chi connectivity index (χ0) is 29.9. The standard InChI is InChI=1S/C39H29N5O/c1-41-20-21-42(26-41)28-12-9-13-29(22-28)45-30-18-19-33-31-14-5-8-17-36(31)44(37(33)23-30)39-24-38-34(25-40-39)32-15-6-7-16-35(32)43(38)27-10-3-2-4-11-27/h2-25H,26H2,1H3. The molecular weight excluding hydrogens is 554 g/mol. The minimum atomic E-state index is 0.775. The van der Waals surface area contributed by atoms with Crippen molar-refractivity contribution in [3.05, 3.63) is 146 Å². The van der Waals surface area contributed by atoms with Crippen LogP contribution >= 0.6 is 0 Å². The Labute approximate surface area is 260 Å². The first-order valence-corrected chi connectivity index (χ1v) is 15.1. The van der Waals surface area contributed by atoms with Gasteiger partial charge in [-0.1, -0.05) is 60.7 Å². The van der Waals surface area contributed by atoms with Crippen LogP contribution < -0.4 is 9.64 Å². The predicted octanol–water partition coefficient (Wildman–Crippen LogP) is 9.25.